The molecule has 1 N–H and O–H groups in total. The number of hydrogen-bond donors (Lipinski definition) is 1. The Morgan fingerprint density at radius 2 is 1.62 bits per heavy atom. The molecular formula is C16H27NO4. The molecule has 0 aliphatic heterocycles. The van der Waals surface area contributed by atoms with E-state index in [0.29, 0.717) is 0 Å². The largest absolute Gasteiger partial charge is 0.480 e. The van der Waals surface area contributed by atoms with Gasteiger partial charge in [-0.05, 0) is 39.5 Å². The number of hydrogen-bond acceptors (Lipinski definition) is 3. The van der Waals surface area contributed by atoms with Crippen LogP contribution in [0.3, 0.4) is 0 Å². The molecule has 2 aliphatic carbocycles. The van der Waals surface area contributed by atoms with Crippen molar-refractivity contribution in [3.05, 3.63) is 0 Å². The Kier molecular flexibility index (Phi) is 5.62. The third-order valence-electron chi connectivity index (χ3n) is 4.52. The number of nitrogens with zero attached hydrogens (tertiary/aromatic N) is 1. The van der Waals surface area contributed by atoms with Gasteiger partial charge in [0.05, 0.1) is 6.10 Å². The van der Waals surface area contributed by atoms with Crippen LogP contribution in [-0.4, -0.2) is 46.2 Å². The second-order valence-corrected chi connectivity index (χ2v) is 6.38. The Bertz CT molecular complexity index is 372. The van der Waals surface area contributed by atoms with Crippen molar-refractivity contribution >= 4 is 11.9 Å². The third-order valence-corrected chi connectivity index (χ3v) is 4.52. The Balaban J connectivity index is 1.94. The molecule has 2 rings (SSSR count). The first kappa shape index (κ1) is 16.3. The van der Waals surface area contributed by atoms with Crippen LogP contribution in [0.2, 0.25) is 0 Å². The highest BCUT2D eigenvalue weighted by Gasteiger charge is 2.40. The minimum absolute atomic E-state index is 0.0868. The fourth-order valence-electron chi connectivity index (χ4n) is 3.09. The average molecular weight is 297 g/mol. The van der Waals surface area contributed by atoms with Crippen molar-refractivity contribution in [3.63, 3.8) is 0 Å². The van der Waals surface area contributed by atoms with Crippen LogP contribution in [0.5, 0.6) is 0 Å². The molecule has 5 heteroatoms. The lowest BCUT2D eigenvalue weighted by Crippen LogP contribution is -2.49. The van der Waals surface area contributed by atoms with Gasteiger partial charge in [-0.25, -0.2) is 4.79 Å². The summed E-state index contributed by atoms with van der Waals surface area (Å²) in [4.78, 5) is 25.3. The predicted molar refractivity (Wildman–Crippen MR) is 79.0 cm³/mol. The van der Waals surface area contributed by atoms with Crippen LogP contribution in [-0.2, 0) is 14.3 Å². The van der Waals surface area contributed by atoms with Crippen molar-refractivity contribution in [2.24, 2.45) is 0 Å². The summed E-state index contributed by atoms with van der Waals surface area (Å²) in [6.45, 7) is 3.34. The number of aliphatic carboxylic acids is 1. The summed E-state index contributed by atoms with van der Waals surface area (Å²) in [7, 11) is 0. The Hall–Kier alpha value is -1.10. The molecule has 21 heavy (non-hydrogen) atoms. The average Bonchev–Trinajstić information content (AvgIpc) is 3.26. The number of amides is 1. The minimum Gasteiger partial charge on any atom is -0.480 e. The molecule has 0 aromatic rings. The second kappa shape index (κ2) is 7.25. The zero-order valence-corrected chi connectivity index (χ0v) is 13.1. The van der Waals surface area contributed by atoms with Crippen molar-refractivity contribution in [1.82, 2.24) is 4.90 Å². The summed E-state index contributed by atoms with van der Waals surface area (Å²) in [5.74, 6) is -1.12. The zero-order valence-electron chi connectivity index (χ0n) is 13.1. The number of carboxylic acids is 1. The Morgan fingerprint density at radius 3 is 2.10 bits per heavy atom. The fraction of sp³-hybridized carbons (Fsp3) is 0.875. The predicted octanol–water partition coefficient (Wildman–Crippen LogP) is 2.58. The molecule has 0 aromatic carbocycles. The number of ether oxygens (including phenoxy) is 1. The van der Waals surface area contributed by atoms with Crippen LogP contribution in [0, 0.1) is 0 Å². The molecule has 2 atom stereocenters. The topological polar surface area (TPSA) is 66.8 Å². The highest BCUT2D eigenvalue weighted by molar-refractivity contribution is 5.86. The molecule has 0 saturated heterocycles. The summed E-state index contributed by atoms with van der Waals surface area (Å²) in [5.41, 5.74) is 0. The Morgan fingerprint density at radius 1 is 1.05 bits per heavy atom. The lowest BCUT2D eigenvalue weighted by molar-refractivity contribution is -0.157. The van der Waals surface area contributed by atoms with E-state index in [1.165, 1.54) is 17.7 Å². The Labute approximate surface area is 126 Å². The van der Waals surface area contributed by atoms with Crippen molar-refractivity contribution < 1.29 is 19.4 Å². The highest BCUT2D eigenvalue weighted by Crippen LogP contribution is 2.30. The van der Waals surface area contributed by atoms with Gasteiger partial charge in [0.25, 0.3) is 5.91 Å². The minimum atomic E-state index is -0.947. The molecule has 2 fully saturated rings. The summed E-state index contributed by atoms with van der Waals surface area (Å²) in [6.07, 6.45) is 8.22. The summed E-state index contributed by atoms with van der Waals surface area (Å²) in [5, 5.41) is 9.18. The lowest BCUT2D eigenvalue weighted by atomic mass is 10.1. The van der Waals surface area contributed by atoms with E-state index in [-0.39, 0.29) is 18.1 Å². The summed E-state index contributed by atoms with van der Waals surface area (Å²) in [6, 6.07) is -0.686. The van der Waals surface area contributed by atoms with Crippen molar-refractivity contribution in [2.75, 3.05) is 0 Å². The molecule has 2 saturated carbocycles. The molecule has 2 aliphatic rings. The van der Waals surface area contributed by atoms with Gasteiger partial charge >= 0.3 is 5.97 Å². The van der Waals surface area contributed by atoms with Gasteiger partial charge < -0.3 is 14.7 Å². The van der Waals surface area contributed by atoms with Gasteiger partial charge in [0.2, 0.25) is 0 Å². The number of carboxylic acid groups (broad SMARTS) is 1. The molecule has 0 radical (unpaired) electrons. The van der Waals surface area contributed by atoms with Crippen molar-refractivity contribution in [3.8, 4) is 0 Å². The standard InChI is InChI=1S/C16H27NO4/c1-11(16(19)20)17(13-9-10-13)15(18)12(2)21-14-7-5-3-4-6-8-14/h11-14H,3-10H2,1-2H3,(H,19,20). The maximum absolute atomic E-state index is 12.6. The SMILES string of the molecule is CC(OC1CCCCCC1)C(=O)N(C1CC1)C(C)C(=O)O. The van der Waals surface area contributed by atoms with E-state index < -0.39 is 18.1 Å². The van der Waals surface area contributed by atoms with Crippen LogP contribution < -0.4 is 0 Å². The van der Waals surface area contributed by atoms with E-state index in [4.69, 9.17) is 4.74 Å². The van der Waals surface area contributed by atoms with Gasteiger partial charge in [-0.3, -0.25) is 4.79 Å². The van der Waals surface area contributed by atoms with Gasteiger partial charge in [0.15, 0.2) is 0 Å². The lowest BCUT2D eigenvalue weighted by Gasteiger charge is -2.30. The van der Waals surface area contributed by atoms with E-state index >= 15 is 0 Å². The molecule has 2 unspecified atom stereocenters. The van der Waals surface area contributed by atoms with E-state index in [1.54, 1.807) is 13.8 Å². The molecule has 0 aromatic heterocycles. The molecule has 0 bridgehead atoms. The van der Waals surface area contributed by atoms with Gasteiger partial charge in [0.1, 0.15) is 12.1 Å². The molecule has 1 amide bonds. The summed E-state index contributed by atoms with van der Waals surface area (Å²) < 4.78 is 5.94. The normalized spacial score (nSPS) is 23.1. The van der Waals surface area contributed by atoms with Gasteiger partial charge in [-0.15, -0.1) is 0 Å². The molecular weight excluding hydrogens is 270 g/mol. The second-order valence-electron chi connectivity index (χ2n) is 6.38. The molecule has 0 heterocycles. The van der Waals surface area contributed by atoms with Crippen LogP contribution in [0.25, 0.3) is 0 Å². The van der Waals surface area contributed by atoms with Crippen molar-refractivity contribution in [2.45, 2.75) is 89.5 Å². The van der Waals surface area contributed by atoms with Gasteiger partial charge in [-0.1, -0.05) is 25.7 Å². The fourth-order valence-corrected chi connectivity index (χ4v) is 3.09. The smallest absolute Gasteiger partial charge is 0.326 e. The van der Waals surface area contributed by atoms with Crippen molar-refractivity contribution in [1.29, 1.82) is 0 Å². The van der Waals surface area contributed by atoms with E-state index in [0.717, 1.165) is 38.5 Å². The van der Waals surface area contributed by atoms with Crippen LogP contribution in [0.1, 0.15) is 65.2 Å². The number of rotatable bonds is 6. The first-order valence-electron chi connectivity index (χ1n) is 8.21. The molecule has 120 valence electrons. The number of carbonyl (C=O) groups excluding carboxylic acids is 1. The first-order chi connectivity index (χ1) is 10.0. The van der Waals surface area contributed by atoms with E-state index in [9.17, 15) is 14.7 Å². The van der Waals surface area contributed by atoms with E-state index in [2.05, 4.69) is 0 Å². The van der Waals surface area contributed by atoms with Gasteiger partial charge in [0, 0.05) is 6.04 Å². The monoisotopic (exact) mass is 297 g/mol. The first-order valence-corrected chi connectivity index (χ1v) is 8.21. The third kappa shape index (κ3) is 4.43. The van der Waals surface area contributed by atoms with Gasteiger partial charge in [-0.2, -0.15) is 0 Å². The number of carbonyl (C=O) groups is 2. The van der Waals surface area contributed by atoms with Crippen LogP contribution >= 0.6 is 0 Å². The van der Waals surface area contributed by atoms with Crippen LogP contribution in [0.4, 0.5) is 0 Å². The quantitative estimate of drug-likeness (QED) is 0.765. The molecule has 0 spiro atoms. The maximum Gasteiger partial charge on any atom is 0.326 e. The maximum atomic E-state index is 12.6. The highest BCUT2D eigenvalue weighted by atomic mass is 16.5. The van der Waals surface area contributed by atoms with Crippen LogP contribution in [0.15, 0.2) is 0 Å². The van der Waals surface area contributed by atoms with E-state index in [1.807, 2.05) is 0 Å². The summed E-state index contributed by atoms with van der Waals surface area (Å²) >= 11 is 0. The zero-order chi connectivity index (χ0) is 15.4. The molecule has 5 nitrogen and oxygen atoms in total.